The van der Waals surface area contributed by atoms with Crippen LogP contribution in [0.25, 0.3) is 21.8 Å². The highest BCUT2D eigenvalue weighted by atomic mass is 16.5. The Balaban J connectivity index is 1.84. The van der Waals surface area contributed by atoms with Crippen molar-refractivity contribution in [2.45, 2.75) is 0 Å². The van der Waals surface area contributed by atoms with Crippen LogP contribution in [-0.2, 0) is 0 Å². The zero-order valence-corrected chi connectivity index (χ0v) is 13.4. The molecule has 0 unspecified atom stereocenters. The van der Waals surface area contributed by atoms with Gasteiger partial charge in [-0.15, -0.1) is 0 Å². The van der Waals surface area contributed by atoms with Gasteiger partial charge in [-0.05, 0) is 36.4 Å². The topological polar surface area (TPSA) is 90.2 Å². The fraction of sp³-hybridized carbons (Fsp3) is 0.0526. The van der Waals surface area contributed by atoms with E-state index >= 15 is 0 Å². The Kier molecular flexibility index (Phi) is 3.50. The van der Waals surface area contributed by atoms with E-state index in [2.05, 4.69) is 9.97 Å². The van der Waals surface area contributed by atoms with Gasteiger partial charge in [-0.2, -0.15) is 0 Å². The summed E-state index contributed by atoms with van der Waals surface area (Å²) in [4.78, 5) is 19.0. The summed E-state index contributed by atoms with van der Waals surface area (Å²) in [7, 11) is 1.57. The molecule has 0 saturated carbocycles. The smallest absolute Gasteiger partial charge is 0.267 e. The lowest BCUT2D eigenvalue weighted by atomic mass is 10.1. The first kappa shape index (κ1) is 15.0. The van der Waals surface area contributed by atoms with Crippen LogP contribution in [0.5, 0.6) is 17.2 Å². The van der Waals surface area contributed by atoms with Crippen LogP contribution in [0.15, 0.2) is 54.7 Å². The van der Waals surface area contributed by atoms with Gasteiger partial charge < -0.3 is 20.2 Å². The van der Waals surface area contributed by atoms with Crippen molar-refractivity contribution in [1.82, 2.24) is 9.97 Å². The molecular formula is C19H15N3O3. The number of aromatic nitrogens is 2. The number of aromatic amines is 1. The summed E-state index contributed by atoms with van der Waals surface area (Å²) in [5.74, 6) is 1.19. The molecule has 0 saturated heterocycles. The van der Waals surface area contributed by atoms with Gasteiger partial charge in [-0.25, -0.2) is 4.98 Å². The lowest BCUT2D eigenvalue weighted by molar-refractivity contribution is 0.0995. The van der Waals surface area contributed by atoms with E-state index in [9.17, 15) is 4.79 Å². The van der Waals surface area contributed by atoms with Crippen molar-refractivity contribution in [1.29, 1.82) is 0 Å². The van der Waals surface area contributed by atoms with Crippen molar-refractivity contribution in [2.24, 2.45) is 5.73 Å². The van der Waals surface area contributed by atoms with E-state index in [0.29, 0.717) is 22.8 Å². The third kappa shape index (κ3) is 2.74. The molecule has 0 spiro atoms. The first-order valence-electron chi connectivity index (χ1n) is 7.67. The van der Waals surface area contributed by atoms with Crippen LogP contribution in [0.1, 0.15) is 10.5 Å². The Hall–Kier alpha value is -3.54. The zero-order valence-electron chi connectivity index (χ0n) is 13.4. The van der Waals surface area contributed by atoms with Gasteiger partial charge in [0.15, 0.2) is 0 Å². The van der Waals surface area contributed by atoms with Gasteiger partial charge in [0.05, 0.1) is 12.6 Å². The molecule has 4 aromatic rings. The number of primary amides is 1. The van der Waals surface area contributed by atoms with E-state index in [0.717, 1.165) is 16.3 Å². The number of nitrogens with two attached hydrogens (primary N) is 1. The van der Waals surface area contributed by atoms with Gasteiger partial charge in [0, 0.05) is 34.6 Å². The van der Waals surface area contributed by atoms with Crippen molar-refractivity contribution >= 4 is 27.7 Å². The van der Waals surface area contributed by atoms with Gasteiger partial charge in [0.25, 0.3) is 5.91 Å². The Bertz CT molecular complexity index is 1100. The molecule has 0 atom stereocenters. The van der Waals surface area contributed by atoms with E-state index in [1.54, 1.807) is 19.2 Å². The second kappa shape index (κ2) is 5.83. The number of H-pyrrole nitrogens is 1. The number of carbonyl (C=O) groups excluding carboxylic acids is 1. The number of carbonyl (C=O) groups is 1. The molecule has 3 N–H and O–H groups in total. The number of hydrogen-bond acceptors (Lipinski definition) is 4. The number of rotatable bonds is 4. The van der Waals surface area contributed by atoms with Crippen LogP contribution >= 0.6 is 0 Å². The van der Waals surface area contributed by atoms with Gasteiger partial charge in [0.2, 0.25) is 0 Å². The minimum Gasteiger partial charge on any atom is -0.497 e. The average Bonchev–Trinajstić information content (AvgIpc) is 3.08. The molecule has 0 aliphatic carbocycles. The summed E-state index contributed by atoms with van der Waals surface area (Å²) in [6, 6.07) is 14.6. The molecular weight excluding hydrogens is 318 g/mol. The third-order valence-electron chi connectivity index (χ3n) is 3.98. The van der Waals surface area contributed by atoms with Crippen LogP contribution in [0.2, 0.25) is 0 Å². The Labute approximate surface area is 143 Å². The number of fused-ring (bicyclic) bond motifs is 2. The number of nitrogens with zero attached hydrogens (tertiary/aromatic N) is 1. The Morgan fingerprint density at radius 2 is 1.92 bits per heavy atom. The monoisotopic (exact) mass is 333 g/mol. The maximum Gasteiger partial charge on any atom is 0.267 e. The molecule has 0 aliphatic rings. The van der Waals surface area contributed by atoms with Crippen molar-refractivity contribution in [2.75, 3.05) is 7.11 Å². The molecule has 0 bridgehead atoms. The minimum absolute atomic E-state index is 0.137. The summed E-state index contributed by atoms with van der Waals surface area (Å²) < 4.78 is 11.3. The highest BCUT2D eigenvalue weighted by Crippen LogP contribution is 2.33. The van der Waals surface area contributed by atoms with Crippen molar-refractivity contribution < 1.29 is 14.3 Å². The van der Waals surface area contributed by atoms with Gasteiger partial charge in [-0.1, -0.05) is 0 Å². The van der Waals surface area contributed by atoms with E-state index in [4.69, 9.17) is 15.2 Å². The SMILES string of the molecule is COc1ccc2c(Oc3ccc4[nH]ccc4c3)cc(C(N)=O)nc2c1. The first-order chi connectivity index (χ1) is 12.1. The predicted octanol–water partition coefficient (Wildman–Crippen LogP) is 3.62. The number of benzene rings is 2. The third-order valence-corrected chi connectivity index (χ3v) is 3.98. The molecule has 1 amide bonds. The predicted molar refractivity (Wildman–Crippen MR) is 95.2 cm³/mol. The summed E-state index contributed by atoms with van der Waals surface area (Å²) in [5, 5.41) is 1.80. The highest BCUT2D eigenvalue weighted by molar-refractivity contribution is 5.96. The molecule has 2 aromatic heterocycles. The normalized spacial score (nSPS) is 10.9. The molecule has 0 radical (unpaired) electrons. The van der Waals surface area contributed by atoms with Crippen LogP contribution < -0.4 is 15.2 Å². The molecule has 0 aliphatic heterocycles. The summed E-state index contributed by atoms with van der Waals surface area (Å²) in [6.07, 6.45) is 1.87. The number of pyridine rings is 1. The number of methoxy groups -OCH3 is 1. The summed E-state index contributed by atoms with van der Waals surface area (Å²) in [5.41, 5.74) is 7.14. The van der Waals surface area contributed by atoms with Crippen LogP contribution in [-0.4, -0.2) is 23.0 Å². The largest absolute Gasteiger partial charge is 0.497 e. The lowest BCUT2D eigenvalue weighted by Crippen LogP contribution is -2.13. The number of ether oxygens (including phenoxy) is 2. The number of hydrogen-bond donors (Lipinski definition) is 2. The van der Waals surface area contributed by atoms with E-state index < -0.39 is 5.91 Å². The molecule has 2 aromatic carbocycles. The van der Waals surface area contributed by atoms with Gasteiger partial charge in [-0.3, -0.25) is 4.79 Å². The van der Waals surface area contributed by atoms with Crippen molar-refractivity contribution in [3.05, 3.63) is 60.4 Å². The molecule has 124 valence electrons. The summed E-state index contributed by atoms with van der Waals surface area (Å²) in [6.45, 7) is 0. The maximum atomic E-state index is 11.6. The van der Waals surface area contributed by atoms with Crippen molar-refractivity contribution in [3.63, 3.8) is 0 Å². The van der Waals surface area contributed by atoms with Crippen LogP contribution in [0.4, 0.5) is 0 Å². The van der Waals surface area contributed by atoms with Crippen LogP contribution in [0.3, 0.4) is 0 Å². The quantitative estimate of drug-likeness (QED) is 0.597. The van der Waals surface area contributed by atoms with Gasteiger partial charge >= 0.3 is 0 Å². The fourth-order valence-corrected chi connectivity index (χ4v) is 2.74. The molecule has 6 nitrogen and oxygen atoms in total. The second-order valence-corrected chi connectivity index (χ2v) is 5.58. The molecule has 2 heterocycles. The van der Waals surface area contributed by atoms with E-state index in [1.165, 1.54) is 0 Å². The van der Waals surface area contributed by atoms with Gasteiger partial charge in [0.1, 0.15) is 22.9 Å². The molecule has 6 heteroatoms. The molecule has 25 heavy (non-hydrogen) atoms. The Morgan fingerprint density at radius 1 is 1.08 bits per heavy atom. The van der Waals surface area contributed by atoms with Crippen LogP contribution in [0, 0.1) is 0 Å². The first-order valence-corrected chi connectivity index (χ1v) is 7.67. The number of nitrogens with one attached hydrogen (secondary N) is 1. The Morgan fingerprint density at radius 3 is 2.72 bits per heavy atom. The number of amides is 1. The second-order valence-electron chi connectivity index (χ2n) is 5.58. The molecule has 4 rings (SSSR count). The van der Waals surface area contributed by atoms with E-state index in [1.807, 2.05) is 42.6 Å². The molecule has 0 fully saturated rings. The maximum absolute atomic E-state index is 11.6. The standard InChI is InChI=1S/C19H15N3O3/c1-24-12-2-4-14-16(9-12)22-17(19(20)23)10-18(14)25-13-3-5-15-11(8-13)6-7-21-15/h2-10,21H,1H3,(H2,20,23). The zero-order chi connectivity index (χ0) is 17.4. The van der Waals surface area contributed by atoms with E-state index in [-0.39, 0.29) is 5.69 Å². The van der Waals surface area contributed by atoms with Crippen molar-refractivity contribution in [3.8, 4) is 17.2 Å². The summed E-state index contributed by atoms with van der Waals surface area (Å²) >= 11 is 0. The fourth-order valence-electron chi connectivity index (χ4n) is 2.74. The average molecular weight is 333 g/mol. The minimum atomic E-state index is -0.615. The lowest BCUT2D eigenvalue weighted by Gasteiger charge is -2.11. The highest BCUT2D eigenvalue weighted by Gasteiger charge is 2.12.